The standard InChI is InChI=1S/C27H42N4O4/c32-25(28-12-13-30-14-18-34-19-15-30)6-7-26(33)29-24-8-10-27(11-9-24,31-16-20-35-21-17-31)22-23-4-2-1-3-5-23/h1-5,24H,6-22H2,(H,28,32)(H,29,33). The second-order valence-corrected chi connectivity index (χ2v) is 10.1. The van der Waals surface area contributed by atoms with E-state index in [0.717, 1.165) is 91.3 Å². The van der Waals surface area contributed by atoms with Gasteiger partial charge >= 0.3 is 0 Å². The van der Waals surface area contributed by atoms with Crippen molar-refractivity contribution in [1.82, 2.24) is 20.4 Å². The number of hydrogen-bond donors (Lipinski definition) is 2. The highest BCUT2D eigenvalue weighted by Crippen LogP contribution is 2.37. The molecule has 1 aromatic rings. The summed E-state index contributed by atoms with van der Waals surface area (Å²) in [6, 6.07) is 10.9. The van der Waals surface area contributed by atoms with Crippen LogP contribution in [0.15, 0.2) is 30.3 Å². The number of amides is 2. The van der Waals surface area contributed by atoms with Crippen molar-refractivity contribution in [2.45, 2.75) is 56.5 Å². The number of carbonyl (C=O) groups is 2. The third-order valence-corrected chi connectivity index (χ3v) is 7.77. The van der Waals surface area contributed by atoms with Gasteiger partial charge in [-0.1, -0.05) is 30.3 Å². The first-order chi connectivity index (χ1) is 17.1. The molecule has 2 aliphatic heterocycles. The molecule has 2 amide bonds. The van der Waals surface area contributed by atoms with Crippen LogP contribution >= 0.6 is 0 Å². The van der Waals surface area contributed by atoms with Crippen LogP contribution in [0, 0.1) is 0 Å². The molecule has 0 unspecified atom stereocenters. The van der Waals surface area contributed by atoms with Crippen LogP contribution in [0.4, 0.5) is 0 Å². The Morgan fingerprint density at radius 2 is 1.51 bits per heavy atom. The van der Waals surface area contributed by atoms with E-state index in [1.54, 1.807) is 0 Å². The first-order valence-corrected chi connectivity index (χ1v) is 13.4. The van der Waals surface area contributed by atoms with Crippen molar-refractivity contribution in [3.63, 3.8) is 0 Å². The summed E-state index contributed by atoms with van der Waals surface area (Å²) in [6.45, 7) is 8.34. The fourth-order valence-corrected chi connectivity index (χ4v) is 5.71. The molecule has 8 nitrogen and oxygen atoms in total. The van der Waals surface area contributed by atoms with E-state index in [2.05, 4.69) is 50.8 Å². The first kappa shape index (κ1) is 26.1. The van der Waals surface area contributed by atoms with Crippen molar-refractivity contribution in [1.29, 1.82) is 0 Å². The van der Waals surface area contributed by atoms with Crippen LogP contribution in [0.25, 0.3) is 0 Å². The van der Waals surface area contributed by atoms with Gasteiger partial charge in [0, 0.05) is 63.7 Å². The van der Waals surface area contributed by atoms with E-state index < -0.39 is 0 Å². The van der Waals surface area contributed by atoms with Gasteiger partial charge in [0.25, 0.3) is 0 Å². The van der Waals surface area contributed by atoms with Gasteiger partial charge in [-0.3, -0.25) is 19.4 Å². The second-order valence-electron chi connectivity index (χ2n) is 10.1. The first-order valence-electron chi connectivity index (χ1n) is 13.4. The minimum Gasteiger partial charge on any atom is -0.379 e. The molecule has 0 aromatic heterocycles. The largest absolute Gasteiger partial charge is 0.379 e. The molecule has 194 valence electrons. The fraction of sp³-hybridized carbons (Fsp3) is 0.704. The molecule has 1 aliphatic carbocycles. The molecule has 0 spiro atoms. The Bertz CT molecular complexity index is 786. The topological polar surface area (TPSA) is 83.1 Å². The minimum absolute atomic E-state index is 0.0136. The van der Waals surface area contributed by atoms with Crippen LogP contribution in [0.3, 0.4) is 0 Å². The van der Waals surface area contributed by atoms with Gasteiger partial charge in [0.1, 0.15) is 0 Å². The summed E-state index contributed by atoms with van der Waals surface area (Å²) in [4.78, 5) is 29.6. The molecule has 0 atom stereocenters. The molecular formula is C27H42N4O4. The molecule has 1 aromatic carbocycles. The van der Waals surface area contributed by atoms with Crippen molar-refractivity contribution in [2.75, 3.05) is 65.7 Å². The van der Waals surface area contributed by atoms with Crippen molar-refractivity contribution in [3.05, 3.63) is 35.9 Å². The van der Waals surface area contributed by atoms with E-state index in [4.69, 9.17) is 9.47 Å². The van der Waals surface area contributed by atoms with Gasteiger partial charge in [-0.25, -0.2) is 0 Å². The number of benzene rings is 1. The molecular weight excluding hydrogens is 444 g/mol. The molecule has 3 fully saturated rings. The SMILES string of the molecule is O=C(CCC(=O)NC1CCC(Cc2ccccc2)(N2CCOCC2)CC1)NCCN1CCOCC1. The highest BCUT2D eigenvalue weighted by atomic mass is 16.5. The molecule has 2 saturated heterocycles. The molecule has 1 saturated carbocycles. The van der Waals surface area contributed by atoms with Gasteiger partial charge in [0.15, 0.2) is 0 Å². The predicted molar refractivity (Wildman–Crippen MR) is 135 cm³/mol. The summed E-state index contributed by atoms with van der Waals surface area (Å²) >= 11 is 0. The van der Waals surface area contributed by atoms with Crippen LogP contribution in [-0.4, -0.2) is 98.9 Å². The zero-order chi connectivity index (χ0) is 24.3. The smallest absolute Gasteiger partial charge is 0.220 e. The van der Waals surface area contributed by atoms with Crippen molar-refractivity contribution in [3.8, 4) is 0 Å². The van der Waals surface area contributed by atoms with Crippen LogP contribution in [0.5, 0.6) is 0 Å². The lowest BCUT2D eigenvalue weighted by Gasteiger charge is -2.50. The highest BCUT2D eigenvalue weighted by molar-refractivity contribution is 5.83. The molecule has 4 rings (SSSR count). The number of rotatable bonds is 10. The zero-order valence-corrected chi connectivity index (χ0v) is 21.0. The van der Waals surface area contributed by atoms with E-state index in [1.165, 1.54) is 5.56 Å². The van der Waals surface area contributed by atoms with Gasteiger partial charge in [-0.05, 0) is 37.7 Å². The Morgan fingerprint density at radius 3 is 2.20 bits per heavy atom. The van der Waals surface area contributed by atoms with Crippen molar-refractivity contribution in [2.24, 2.45) is 0 Å². The molecule has 0 bridgehead atoms. The quantitative estimate of drug-likeness (QED) is 0.523. The Hall–Kier alpha value is -2.00. The summed E-state index contributed by atoms with van der Waals surface area (Å²) in [5.41, 5.74) is 1.51. The van der Waals surface area contributed by atoms with Crippen LogP contribution < -0.4 is 10.6 Å². The Morgan fingerprint density at radius 1 is 0.886 bits per heavy atom. The summed E-state index contributed by atoms with van der Waals surface area (Å²) in [5, 5.41) is 6.14. The van der Waals surface area contributed by atoms with Gasteiger partial charge in [0.05, 0.1) is 26.4 Å². The third-order valence-electron chi connectivity index (χ3n) is 7.77. The predicted octanol–water partition coefficient (Wildman–Crippen LogP) is 1.59. The summed E-state index contributed by atoms with van der Waals surface area (Å²) in [6.07, 6.45) is 5.61. The number of nitrogens with one attached hydrogen (secondary N) is 2. The Labute approximate surface area is 209 Å². The minimum atomic E-state index is -0.0498. The zero-order valence-electron chi connectivity index (χ0n) is 21.0. The lowest BCUT2D eigenvalue weighted by Crippen LogP contribution is -2.58. The number of hydrogen-bond acceptors (Lipinski definition) is 6. The van der Waals surface area contributed by atoms with E-state index >= 15 is 0 Å². The maximum Gasteiger partial charge on any atom is 0.220 e. The average Bonchev–Trinajstić information content (AvgIpc) is 2.90. The molecule has 2 heterocycles. The summed E-state index contributed by atoms with van der Waals surface area (Å²) < 4.78 is 11.0. The molecule has 8 heteroatoms. The lowest BCUT2D eigenvalue weighted by molar-refractivity contribution is -0.127. The summed E-state index contributed by atoms with van der Waals surface area (Å²) in [5.74, 6) is -0.0634. The highest BCUT2D eigenvalue weighted by Gasteiger charge is 2.41. The monoisotopic (exact) mass is 486 g/mol. The third kappa shape index (κ3) is 8.00. The Kier molecular flexibility index (Phi) is 9.94. The van der Waals surface area contributed by atoms with Crippen LogP contribution in [-0.2, 0) is 25.5 Å². The van der Waals surface area contributed by atoms with Gasteiger partial charge in [0.2, 0.25) is 11.8 Å². The number of ether oxygens (including phenoxy) is 2. The average molecular weight is 487 g/mol. The van der Waals surface area contributed by atoms with Gasteiger partial charge in [-0.15, -0.1) is 0 Å². The number of morpholine rings is 2. The van der Waals surface area contributed by atoms with E-state index in [1.807, 2.05) is 0 Å². The van der Waals surface area contributed by atoms with Crippen LogP contribution in [0.2, 0.25) is 0 Å². The molecule has 35 heavy (non-hydrogen) atoms. The van der Waals surface area contributed by atoms with Crippen molar-refractivity contribution < 1.29 is 19.1 Å². The van der Waals surface area contributed by atoms with E-state index in [0.29, 0.717) is 6.54 Å². The maximum atomic E-state index is 12.6. The normalized spacial score (nSPS) is 26.2. The molecule has 2 N–H and O–H groups in total. The molecule has 0 radical (unpaired) electrons. The number of carbonyl (C=O) groups excluding carboxylic acids is 2. The molecule has 3 aliphatic rings. The lowest BCUT2D eigenvalue weighted by atomic mass is 9.74. The second kappa shape index (κ2) is 13.3. The maximum absolute atomic E-state index is 12.6. The van der Waals surface area contributed by atoms with Crippen LogP contribution in [0.1, 0.15) is 44.1 Å². The van der Waals surface area contributed by atoms with Crippen molar-refractivity contribution >= 4 is 11.8 Å². The number of nitrogens with zero attached hydrogens (tertiary/aromatic N) is 2. The summed E-state index contributed by atoms with van der Waals surface area (Å²) in [7, 11) is 0. The van der Waals surface area contributed by atoms with E-state index in [-0.39, 0.29) is 36.2 Å². The van der Waals surface area contributed by atoms with Gasteiger partial charge in [-0.2, -0.15) is 0 Å². The van der Waals surface area contributed by atoms with E-state index in [9.17, 15) is 9.59 Å². The fourth-order valence-electron chi connectivity index (χ4n) is 5.71. The Balaban J connectivity index is 1.18. The van der Waals surface area contributed by atoms with Gasteiger partial charge < -0.3 is 20.1 Å².